The second-order valence-electron chi connectivity index (χ2n) is 24.9. The van der Waals surface area contributed by atoms with Crippen LogP contribution in [0.2, 0.25) is 0 Å². The van der Waals surface area contributed by atoms with E-state index in [9.17, 15) is 19.4 Å². The number of aliphatic hydroxyl groups is 1. The fraction of sp³-hybridized carbons (Fsp3) is 0.955. The van der Waals surface area contributed by atoms with Crippen molar-refractivity contribution in [1.29, 1.82) is 0 Å². The van der Waals surface area contributed by atoms with Crippen LogP contribution >= 0.6 is 7.82 Å². The Hall–Kier alpha value is -0.760. The summed E-state index contributed by atoms with van der Waals surface area (Å²) in [5.74, 6) is -0.188. The third-order valence-corrected chi connectivity index (χ3v) is 17.0. The first-order chi connectivity index (χ1) is 37.0. The van der Waals surface area contributed by atoms with Crippen molar-refractivity contribution in [3.05, 3.63) is 12.2 Å². The van der Waals surface area contributed by atoms with Crippen molar-refractivity contribution in [2.45, 2.75) is 373 Å². The number of quaternary nitrogens is 1. The van der Waals surface area contributed by atoms with Crippen LogP contribution in [0, 0.1) is 0 Å². The Labute approximate surface area is 475 Å². The summed E-state index contributed by atoms with van der Waals surface area (Å²) < 4.78 is 23.4. The lowest BCUT2D eigenvalue weighted by atomic mass is 10.0. The van der Waals surface area contributed by atoms with Gasteiger partial charge in [-0.2, -0.15) is 0 Å². The van der Waals surface area contributed by atoms with Gasteiger partial charge >= 0.3 is 0 Å². The molecule has 0 bridgehead atoms. The van der Waals surface area contributed by atoms with Crippen LogP contribution < -0.4 is 10.2 Å². The van der Waals surface area contributed by atoms with Crippen molar-refractivity contribution in [1.82, 2.24) is 5.32 Å². The Balaban J connectivity index is 3.99. The highest BCUT2D eigenvalue weighted by molar-refractivity contribution is 7.45. The molecular formula is C67H135N2O6P. The summed E-state index contributed by atoms with van der Waals surface area (Å²) in [6, 6.07) is -0.883. The average molecular weight is 1100 g/mol. The van der Waals surface area contributed by atoms with Gasteiger partial charge in [-0.1, -0.05) is 347 Å². The van der Waals surface area contributed by atoms with Crippen LogP contribution in [-0.4, -0.2) is 68.5 Å². The minimum absolute atomic E-state index is 0.00290. The van der Waals surface area contributed by atoms with E-state index < -0.39 is 20.0 Å². The smallest absolute Gasteiger partial charge is 0.268 e. The lowest BCUT2D eigenvalue weighted by Gasteiger charge is -2.29. The van der Waals surface area contributed by atoms with Crippen LogP contribution in [0.3, 0.4) is 0 Å². The van der Waals surface area contributed by atoms with Crippen molar-refractivity contribution in [3.8, 4) is 0 Å². The van der Waals surface area contributed by atoms with Gasteiger partial charge in [-0.3, -0.25) is 9.36 Å². The van der Waals surface area contributed by atoms with Gasteiger partial charge in [-0.15, -0.1) is 0 Å². The molecule has 0 spiro atoms. The zero-order valence-electron chi connectivity index (χ0n) is 52.0. The Morgan fingerprint density at radius 3 is 0.987 bits per heavy atom. The largest absolute Gasteiger partial charge is 0.756 e. The summed E-state index contributed by atoms with van der Waals surface area (Å²) in [5.41, 5.74) is 0. The number of phosphoric acid groups is 1. The number of unbranched alkanes of at least 4 members (excludes halogenated alkanes) is 51. The molecule has 0 aromatic rings. The van der Waals surface area contributed by atoms with Crippen molar-refractivity contribution in [3.63, 3.8) is 0 Å². The molecule has 0 heterocycles. The van der Waals surface area contributed by atoms with Gasteiger partial charge in [0, 0.05) is 6.42 Å². The molecule has 0 saturated heterocycles. The van der Waals surface area contributed by atoms with Crippen LogP contribution in [0.15, 0.2) is 12.2 Å². The Kier molecular flexibility index (Phi) is 58.3. The predicted octanol–water partition coefficient (Wildman–Crippen LogP) is 20.7. The van der Waals surface area contributed by atoms with E-state index in [1.807, 2.05) is 27.2 Å². The number of hydrogen-bond acceptors (Lipinski definition) is 6. The van der Waals surface area contributed by atoms with Gasteiger partial charge in [0.05, 0.1) is 39.9 Å². The maximum Gasteiger partial charge on any atom is 0.268 e. The van der Waals surface area contributed by atoms with Crippen LogP contribution in [0.1, 0.15) is 361 Å². The molecule has 9 heteroatoms. The maximum atomic E-state index is 13.0. The third kappa shape index (κ3) is 60.9. The number of carbonyl (C=O) groups excluding carboxylic acids is 1. The molecule has 3 unspecified atom stereocenters. The maximum absolute atomic E-state index is 13.0. The summed E-state index contributed by atoms with van der Waals surface area (Å²) in [6.45, 7) is 4.72. The molecule has 0 radical (unpaired) electrons. The Morgan fingerprint density at radius 2 is 0.711 bits per heavy atom. The summed E-state index contributed by atoms with van der Waals surface area (Å²) in [4.78, 5) is 25.6. The molecule has 0 fully saturated rings. The molecule has 3 atom stereocenters. The molecule has 0 aromatic heterocycles. The summed E-state index contributed by atoms with van der Waals surface area (Å²) in [5, 5.41) is 13.9. The van der Waals surface area contributed by atoms with Gasteiger partial charge in [-0.25, -0.2) is 0 Å². The van der Waals surface area contributed by atoms with Crippen LogP contribution in [0.5, 0.6) is 0 Å². The Bertz CT molecular complexity index is 1240. The first-order valence-electron chi connectivity index (χ1n) is 34.1. The monoisotopic (exact) mass is 1100 g/mol. The molecule has 8 nitrogen and oxygen atoms in total. The molecule has 1 amide bonds. The number of aliphatic hydroxyl groups excluding tert-OH is 1. The number of amides is 1. The standard InChI is InChI=1S/C67H135N2O6P/c1-6-8-10-12-14-16-18-20-22-24-26-28-29-30-31-32-33-34-35-36-37-38-39-41-43-45-47-49-51-53-55-57-59-61-67(71)68-65(64-75-76(72,73)74-63-62-69(3,4)5)66(70)60-58-56-54-52-50-48-46-44-42-40-27-25-23-21-19-17-15-13-11-9-7-2/h58,60,65-66,70H,6-57,59,61-64H2,1-5H3,(H-,68,71,72,73)/b60-58+. The molecule has 454 valence electrons. The lowest BCUT2D eigenvalue weighted by Crippen LogP contribution is -2.45. The molecule has 0 aliphatic rings. The molecular weight excluding hydrogens is 960 g/mol. The van der Waals surface area contributed by atoms with E-state index in [4.69, 9.17) is 9.05 Å². The number of rotatable bonds is 64. The van der Waals surface area contributed by atoms with Gasteiger partial charge < -0.3 is 28.8 Å². The number of likely N-dealkylation sites (N-methyl/N-ethyl adjacent to an activating group) is 1. The van der Waals surface area contributed by atoms with Crippen molar-refractivity contribution < 1.29 is 32.9 Å². The van der Waals surface area contributed by atoms with Crippen molar-refractivity contribution >= 4 is 13.7 Å². The average Bonchev–Trinajstić information content (AvgIpc) is 3.38. The number of carbonyl (C=O) groups is 1. The molecule has 0 aliphatic carbocycles. The predicted molar refractivity (Wildman–Crippen MR) is 330 cm³/mol. The van der Waals surface area contributed by atoms with E-state index in [2.05, 4.69) is 19.2 Å². The van der Waals surface area contributed by atoms with Gasteiger partial charge in [0.25, 0.3) is 7.82 Å². The first-order valence-corrected chi connectivity index (χ1v) is 35.5. The zero-order chi connectivity index (χ0) is 55.6. The highest BCUT2D eigenvalue weighted by Crippen LogP contribution is 2.38. The quantitative estimate of drug-likeness (QED) is 0.0272. The highest BCUT2D eigenvalue weighted by Gasteiger charge is 2.23. The topological polar surface area (TPSA) is 108 Å². The zero-order valence-corrected chi connectivity index (χ0v) is 52.9. The minimum atomic E-state index is -4.60. The molecule has 0 saturated carbocycles. The number of phosphoric ester groups is 1. The number of nitrogens with one attached hydrogen (secondary N) is 1. The summed E-state index contributed by atoms with van der Waals surface area (Å²) in [6.07, 6.45) is 74.7. The van der Waals surface area contributed by atoms with E-state index in [1.54, 1.807) is 6.08 Å². The van der Waals surface area contributed by atoms with E-state index in [-0.39, 0.29) is 19.1 Å². The van der Waals surface area contributed by atoms with Gasteiger partial charge in [0.2, 0.25) is 5.91 Å². The number of hydrogen-bond donors (Lipinski definition) is 2. The fourth-order valence-electron chi connectivity index (χ4n) is 10.7. The number of nitrogens with zero attached hydrogens (tertiary/aromatic N) is 1. The summed E-state index contributed by atoms with van der Waals surface area (Å²) >= 11 is 0. The van der Waals surface area contributed by atoms with E-state index >= 15 is 0 Å². The molecule has 76 heavy (non-hydrogen) atoms. The highest BCUT2D eigenvalue weighted by atomic mass is 31.2. The first kappa shape index (κ1) is 75.2. The van der Waals surface area contributed by atoms with E-state index in [0.29, 0.717) is 17.4 Å². The van der Waals surface area contributed by atoms with E-state index in [0.717, 1.165) is 38.5 Å². The third-order valence-electron chi connectivity index (χ3n) is 16.0. The van der Waals surface area contributed by atoms with Crippen molar-refractivity contribution in [2.75, 3.05) is 40.9 Å². The van der Waals surface area contributed by atoms with Crippen molar-refractivity contribution in [2.24, 2.45) is 0 Å². The molecule has 0 aromatic carbocycles. The molecule has 2 N–H and O–H groups in total. The van der Waals surface area contributed by atoms with Crippen LogP contribution in [-0.2, 0) is 18.4 Å². The lowest BCUT2D eigenvalue weighted by molar-refractivity contribution is -0.870. The minimum Gasteiger partial charge on any atom is -0.756 e. The molecule has 0 rings (SSSR count). The second-order valence-corrected chi connectivity index (χ2v) is 26.3. The van der Waals surface area contributed by atoms with Gasteiger partial charge in [-0.05, 0) is 19.3 Å². The van der Waals surface area contributed by atoms with Gasteiger partial charge in [0.15, 0.2) is 0 Å². The summed E-state index contributed by atoms with van der Waals surface area (Å²) in [7, 11) is 1.28. The Morgan fingerprint density at radius 1 is 0.447 bits per heavy atom. The molecule has 0 aliphatic heterocycles. The van der Waals surface area contributed by atoms with E-state index in [1.165, 1.54) is 302 Å². The van der Waals surface area contributed by atoms with Crippen LogP contribution in [0.25, 0.3) is 0 Å². The van der Waals surface area contributed by atoms with Crippen LogP contribution in [0.4, 0.5) is 0 Å². The second kappa shape index (κ2) is 58.9. The fourth-order valence-corrected chi connectivity index (χ4v) is 11.4. The van der Waals surface area contributed by atoms with Gasteiger partial charge in [0.1, 0.15) is 13.2 Å². The SMILES string of the molecule is CCCCCCCCCCCCCCCCCCCCC/C=C/C(O)C(COP(=O)([O-])OCC[N+](C)(C)C)NC(=O)CCCCCCCCCCCCCCCCCCCCCCCCCCCCCCCCCCC. The normalized spacial score (nSPS) is 13.7. The number of allylic oxidation sites excluding steroid dienone is 1.